The first-order valence-electron chi connectivity index (χ1n) is 8.44. The molecule has 6 nitrogen and oxygen atoms in total. The van der Waals surface area contributed by atoms with Crippen molar-refractivity contribution in [3.63, 3.8) is 0 Å². The van der Waals surface area contributed by atoms with Gasteiger partial charge < -0.3 is 0 Å². The highest BCUT2D eigenvalue weighted by Crippen LogP contribution is 2.26. The summed E-state index contributed by atoms with van der Waals surface area (Å²) in [5.41, 5.74) is 2.28. The van der Waals surface area contributed by atoms with E-state index in [-0.39, 0.29) is 17.6 Å². The monoisotopic (exact) mass is 379 g/mol. The lowest BCUT2D eigenvalue weighted by Gasteiger charge is -2.13. The highest BCUT2D eigenvalue weighted by molar-refractivity contribution is 7.99. The number of carbonyl (C=O) groups excluding carboxylic acids is 3. The zero-order valence-corrected chi connectivity index (χ0v) is 15.8. The van der Waals surface area contributed by atoms with Crippen LogP contribution in [-0.4, -0.2) is 39.8 Å². The highest BCUT2D eigenvalue weighted by atomic mass is 32.2. The smallest absolute Gasteiger partial charge is 0.261 e. The molecule has 0 bridgehead atoms. The van der Waals surface area contributed by atoms with Crippen molar-refractivity contribution in [2.75, 3.05) is 12.3 Å². The Labute approximate surface area is 161 Å². The molecule has 27 heavy (non-hydrogen) atoms. The Morgan fingerprint density at radius 1 is 1.22 bits per heavy atom. The number of nitriles is 1. The van der Waals surface area contributed by atoms with E-state index in [0.717, 1.165) is 0 Å². The van der Waals surface area contributed by atoms with Gasteiger partial charge in [0.1, 0.15) is 11.1 Å². The first-order valence-corrected chi connectivity index (χ1v) is 9.43. The normalized spacial score (nSPS) is 12.9. The number of thioether (sulfide) groups is 1. The summed E-state index contributed by atoms with van der Waals surface area (Å²) < 4.78 is 0. The molecule has 0 unspecified atom stereocenters. The first kappa shape index (κ1) is 18.8. The van der Waals surface area contributed by atoms with E-state index in [9.17, 15) is 19.6 Å². The van der Waals surface area contributed by atoms with Crippen LogP contribution in [0.3, 0.4) is 0 Å². The fourth-order valence-corrected chi connectivity index (χ4v) is 3.89. The number of rotatable bonds is 6. The summed E-state index contributed by atoms with van der Waals surface area (Å²) in [6, 6.07) is 10.4. The number of aryl methyl sites for hydroxylation is 1. The Hall–Kier alpha value is -2.98. The molecule has 1 aromatic heterocycles. The SMILES string of the molecule is CC(=O)c1cc(C#N)c(SCCCN2C(=O)c3ccccc3C2=O)nc1C. The van der Waals surface area contributed by atoms with Crippen molar-refractivity contribution in [1.29, 1.82) is 5.26 Å². The molecule has 0 saturated carbocycles. The Kier molecular flexibility index (Phi) is 5.38. The number of Topliss-reactive ketones (excluding diaryl/α,β-unsaturated/α-hetero) is 1. The maximum Gasteiger partial charge on any atom is 0.261 e. The molecule has 136 valence electrons. The summed E-state index contributed by atoms with van der Waals surface area (Å²) in [6.07, 6.45) is 0.580. The largest absolute Gasteiger partial charge is 0.294 e. The molecule has 7 heteroatoms. The molecule has 2 amide bonds. The lowest BCUT2D eigenvalue weighted by molar-refractivity contribution is 0.0654. The molecule has 1 aromatic carbocycles. The minimum absolute atomic E-state index is 0.126. The number of imide groups is 1. The van der Waals surface area contributed by atoms with Gasteiger partial charge in [-0.05, 0) is 38.5 Å². The molecule has 0 spiro atoms. The molecule has 0 aliphatic carbocycles. The number of carbonyl (C=O) groups is 3. The van der Waals surface area contributed by atoms with Crippen LogP contribution < -0.4 is 0 Å². The molecule has 2 aromatic rings. The van der Waals surface area contributed by atoms with E-state index < -0.39 is 0 Å². The molecule has 1 aliphatic rings. The lowest BCUT2D eigenvalue weighted by atomic mass is 10.1. The Morgan fingerprint density at radius 3 is 2.41 bits per heavy atom. The maximum atomic E-state index is 12.3. The molecule has 3 rings (SSSR count). The van der Waals surface area contributed by atoms with Gasteiger partial charge in [0, 0.05) is 23.6 Å². The zero-order chi connectivity index (χ0) is 19.6. The van der Waals surface area contributed by atoms with Crippen molar-refractivity contribution in [2.45, 2.75) is 25.3 Å². The summed E-state index contributed by atoms with van der Waals surface area (Å²) in [6.45, 7) is 3.49. The fraction of sp³-hybridized carbons (Fsp3) is 0.250. The molecule has 0 atom stereocenters. The van der Waals surface area contributed by atoms with Gasteiger partial charge in [0.25, 0.3) is 11.8 Å². The summed E-state index contributed by atoms with van der Waals surface area (Å²) in [4.78, 5) is 41.9. The summed E-state index contributed by atoms with van der Waals surface area (Å²) in [5, 5.41) is 9.86. The van der Waals surface area contributed by atoms with Crippen molar-refractivity contribution >= 4 is 29.4 Å². The van der Waals surface area contributed by atoms with Gasteiger partial charge in [-0.1, -0.05) is 12.1 Å². The molecule has 0 fully saturated rings. The van der Waals surface area contributed by atoms with Gasteiger partial charge in [0.05, 0.1) is 16.7 Å². The van der Waals surface area contributed by atoms with E-state index in [1.807, 2.05) is 0 Å². The Morgan fingerprint density at radius 2 is 1.85 bits per heavy atom. The summed E-state index contributed by atoms with van der Waals surface area (Å²) >= 11 is 1.38. The Bertz CT molecular complexity index is 959. The van der Waals surface area contributed by atoms with Gasteiger partial charge in [0.2, 0.25) is 0 Å². The number of ketones is 1. The average Bonchev–Trinajstić information content (AvgIpc) is 2.90. The maximum absolute atomic E-state index is 12.3. The van der Waals surface area contributed by atoms with Crippen molar-refractivity contribution in [3.8, 4) is 6.07 Å². The number of hydrogen-bond donors (Lipinski definition) is 0. The van der Waals surface area contributed by atoms with Crippen molar-refractivity contribution in [3.05, 3.63) is 58.3 Å². The topological polar surface area (TPSA) is 91.1 Å². The van der Waals surface area contributed by atoms with Gasteiger partial charge in [-0.2, -0.15) is 5.26 Å². The summed E-state index contributed by atoms with van der Waals surface area (Å²) in [7, 11) is 0. The number of hydrogen-bond acceptors (Lipinski definition) is 6. The van der Waals surface area contributed by atoms with Crippen molar-refractivity contribution < 1.29 is 14.4 Å². The third-order valence-electron chi connectivity index (χ3n) is 4.32. The number of amides is 2. The number of nitrogens with zero attached hydrogens (tertiary/aromatic N) is 3. The van der Waals surface area contributed by atoms with Crippen LogP contribution in [0.25, 0.3) is 0 Å². The van der Waals surface area contributed by atoms with Crippen LogP contribution in [0.4, 0.5) is 0 Å². The quantitative estimate of drug-likeness (QED) is 0.331. The molecular weight excluding hydrogens is 362 g/mol. The molecule has 2 heterocycles. The fourth-order valence-electron chi connectivity index (χ4n) is 2.96. The van der Waals surface area contributed by atoms with Crippen LogP contribution >= 0.6 is 11.8 Å². The Balaban J connectivity index is 1.63. The predicted octanol–water partition coefficient (Wildman–Crippen LogP) is 3.24. The van der Waals surface area contributed by atoms with Crippen LogP contribution in [0, 0.1) is 18.3 Å². The predicted molar refractivity (Wildman–Crippen MR) is 101 cm³/mol. The zero-order valence-electron chi connectivity index (χ0n) is 15.0. The van der Waals surface area contributed by atoms with Gasteiger partial charge in [-0.15, -0.1) is 11.8 Å². The molecule has 1 aliphatic heterocycles. The van der Waals surface area contributed by atoms with Crippen molar-refractivity contribution in [1.82, 2.24) is 9.88 Å². The van der Waals surface area contributed by atoms with Gasteiger partial charge >= 0.3 is 0 Å². The van der Waals surface area contributed by atoms with Gasteiger partial charge in [-0.25, -0.2) is 4.98 Å². The van der Waals surface area contributed by atoms with Crippen LogP contribution in [0.5, 0.6) is 0 Å². The van der Waals surface area contributed by atoms with Crippen LogP contribution in [0.1, 0.15) is 55.7 Å². The number of fused-ring (bicyclic) bond motifs is 1. The number of aromatic nitrogens is 1. The third-order valence-corrected chi connectivity index (χ3v) is 5.40. The number of pyridine rings is 1. The second-order valence-electron chi connectivity index (χ2n) is 6.15. The number of benzene rings is 1. The van der Waals surface area contributed by atoms with E-state index in [4.69, 9.17) is 0 Å². The summed E-state index contributed by atoms with van der Waals surface area (Å²) in [5.74, 6) is -0.0663. The highest BCUT2D eigenvalue weighted by Gasteiger charge is 2.34. The van der Waals surface area contributed by atoms with Crippen LogP contribution in [0.2, 0.25) is 0 Å². The van der Waals surface area contributed by atoms with Crippen LogP contribution in [0.15, 0.2) is 35.4 Å². The molecule has 0 N–H and O–H groups in total. The first-order chi connectivity index (χ1) is 12.9. The average molecular weight is 379 g/mol. The van der Waals surface area contributed by atoms with E-state index in [1.54, 1.807) is 37.3 Å². The van der Waals surface area contributed by atoms with E-state index in [1.165, 1.54) is 23.6 Å². The lowest BCUT2D eigenvalue weighted by Crippen LogP contribution is -2.31. The minimum Gasteiger partial charge on any atom is -0.294 e. The minimum atomic E-state index is -0.266. The third kappa shape index (κ3) is 3.62. The second-order valence-corrected chi connectivity index (χ2v) is 7.24. The van der Waals surface area contributed by atoms with E-state index in [2.05, 4.69) is 11.1 Å². The second kappa shape index (κ2) is 7.72. The van der Waals surface area contributed by atoms with Crippen molar-refractivity contribution in [2.24, 2.45) is 0 Å². The van der Waals surface area contributed by atoms with E-state index >= 15 is 0 Å². The van der Waals surface area contributed by atoms with Crippen LogP contribution in [-0.2, 0) is 0 Å². The standard InChI is InChI=1S/C20H17N3O3S/c1-12-17(13(2)24)10-14(11-21)18(22-12)27-9-5-8-23-19(25)15-6-3-4-7-16(15)20(23)26/h3-4,6-7,10H,5,8-9H2,1-2H3. The van der Waals surface area contributed by atoms with E-state index in [0.29, 0.717) is 51.7 Å². The molecule has 0 saturated heterocycles. The van der Waals surface area contributed by atoms with Gasteiger partial charge in [0.15, 0.2) is 5.78 Å². The molecular formula is C20H17N3O3S. The van der Waals surface area contributed by atoms with Gasteiger partial charge in [-0.3, -0.25) is 19.3 Å². The molecule has 0 radical (unpaired) electrons.